The van der Waals surface area contributed by atoms with Gasteiger partial charge in [-0.25, -0.2) is 0 Å². The summed E-state index contributed by atoms with van der Waals surface area (Å²) in [4.78, 5) is 0.389. The Kier molecular flexibility index (Phi) is 0.865. The molecule has 1 aromatic heterocycles. The Morgan fingerprint density at radius 1 is 1.88 bits per heavy atom. The van der Waals surface area contributed by atoms with Gasteiger partial charge in [0.1, 0.15) is 0 Å². The van der Waals surface area contributed by atoms with Gasteiger partial charge in [-0.1, -0.05) is 0 Å². The van der Waals surface area contributed by atoms with E-state index in [1.165, 1.54) is 16.9 Å². The van der Waals surface area contributed by atoms with E-state index in [4.69, 9.17) is 5.11 Å². The van der Waals surface area contributed by atoms with Crippen molar-refractivity contribution in [3.63, 3.8) is 0 Å². The van der Waals surface area contributed by atoms with E-state index >= 15 is 0 Å². The van der Waals surface area contributed by atoms with E-state index in [1.54, 1.807) is 7.05 Å². The summed E-state index contributed by atoms with van der Waals surface area (Å²) in [6.45, 7) is 0. The molecular weight excluding hydrogens is 108 g/mol. The second-order valence-electron chi connectivity index (χ2n) is 1.52. The minimum Gasteiger partial charge on any atom is -0.593 e. The highest BCUT2D eigenvalue weighted by atomic mass is 16.5. The van der Waals surface area contributed by atoms with Crippen LogP contribution in [0, 0.1) is 5.21 Å². The molecule has 44 valence electrons. The van der Waals surface area contributed by atoms with Crippen LogP contribution in [0.4, 0.5) is 0 Å². The first-order valence-electron chi connectivity index (χ1n) is 2.16. The van der Waals surface area contributed by atoms with Gasteiger partial charge in [0, 0.05) is 0 Å². The molecule has 0 bridgehead atoms. The Hall–Kier alpha value is -1.19. The highest BCUT2D eigenvalue weighted by Crippen LogP contribution is 1.95. The van der Waals surface area contributed by atoms with Gasteiger partial charge in [-0.05, 0) is 4.85 Å². The minimum atomic E-state index is -0.271. The Bertz CT molecular complexity index is 174. The van der Waals surface area contributed by atoms with Gasteiger partial charge in [-0.3, -0.25) is 0 Å². The maximum Gasteiger partial charge on any atom is 0.403 e. The number of aromatic nitrogens is 2. The number of hydrogen-bond donors (Lipinski definition) is 1. The molecule has 0 atom stereocenters. The third-order valence-corrected chi connectivity index (χ3v) is 0.922. The van der Waals surface area contributed by atoms with Crippen molar-refractivity contribution in [2.24, 2.45) is 7.05 Å². The third kappa shape index (κ3) is 0.501. The molecule has 0 saturated carbocycles. The van der Waals surface area contributed by atoms with E-state index in [0.717, 1.165) is 0 Å². The van der Waals surface area contributed by atoms with Crippen LogP contribution in [0.15, 0.2) is 12.3 Å². The summed E-state index contributed by atoms with van der Waals surface area (Å²) in [5.74, 6) is -0.271. The normalized spacial score (nSPS) is 9.62. The summed E-state index contributed by atoms with van der Waals surface area (Å²) >= 11 is 0. The highest BCUT2D eigenvalue weighted by molar-refractivity contribution is 4.94. The van der Waals surface area contributed by atoms with Crippen molar-refractivity contribution in [3.05, 3.63) is 17.5 Å². The molecular formula is C4H6N2O2. The molecule has 0 fully saturated rings. The average Bonchev–Trinajstić information content (AvgIpc) is 1.98. The van der Waals surface area contributed by atoms with Crippen molar-refractivity contribution in [1.82, 2.24) is 4.68 Å². The molecule has 1 aromatic rings. The molecule has 0 aliphatic heterocycles. The van der Waals surface area contributed by atoms with Gasteiger partial charge in [0.05, 0.1) is 19.3 Å². The van der Waals surface area contributed by atoms with E-state index in [-0.39, 0.29) is 5.88 Å². The predicted octanol–water partition coefficient (Wildman–Crippen LogP) is -0.636. The number of hydrogen-bond acceptors (Lipinski definition) is 2. The average molecular weight is 114 g/mol. The fourth-order valence-corrected chi connectivity index (χ4v) is 0.460. The molecule has 4 nitrogen and oxygen atoms in total. The first-order chi connectivity index (χ1) is 3.72. The maximum atomic E-state index is 10.4. The molecule has 0 spiro atoms. The number of aryl methyl sites for hydroxylation is 1. The van der Waals surface area contributed by atoms with E-state index in [2.05, 4.69) is 0 Å². The Morgan fingerprint density at radius 2 is 2.50 bits per heavy atom. The molecule has 8 heavy (non-hydrogen) atoms. The summed E-state index contributed by atoms with van der Waals surface area (Å²) in [6, 6.07) is 1.33. The number of rotatable bonds is 0. The Morgan fingerprint density at radius 3 is 2.62 bits per heavy atom. The predicted molar refractivity (Wildman–Crippen MR) is 26.0 cm³/mol. The van der Waals surface area contributed by atoms with Gasteiger partial charge in [0.15, 0.2) is 0 Å². The van der Waals surface area contributed by atoms with Crippen molar-refractivity contribution in [1.29, 1.82) is 0 Å². The lowest BCUT2D eigenvalue weighted by molar-refractivity contribution is -0.697. The summed E-state index contributed by atoms with van der Waals surface area (Å²) in [5.41, 5.74) is 0. The van der Waals surface area contributed by atoms with Crippen LogP contribution in [-0.2, 0) is 7.05 Å². The quantitative estimate of drug-likeness (QED) is 0.360. The number of aromatic hydroxyl groups is 1. The van der Waals surface area contributed by atoms with Crippen LogP contribution >= 0.6 is 0 Å². The fraction of sp³-hybridized carbons (Fsp3) is 0.250. The SMILES string of the molecule is Cn1ccc(O)[n+]1[O-]. The summed E-state index contributed by atoms with van der Waals surface area (Å²) < 4.78 is 1.23. The van der Waals surface area contributed by atoms with Crippen LogP contribution in [-0.4, -0.2) is 9.79 Å². The summed E-state index contributed by atoms with van der Waals surface area (Å²) in [7, 11) is 1.55. The Balaban J connectivity index is 3.19. The lowest BCUT2D eigenvalue weighted by atomic mass is 10.7. The van der Waals surface area contributed by atoms with E-state index in [1.807, 2.05) is 0 Å². The van der Waals surface area contributed by atoms with Crippen LogP contribution in [0.5, 0.6) is 5.88 Å². The largest absolute Gasteiger partial charge is 0.593 e. The monoisotopic (exact) mass is 114 g/mol. The van der Waals surface area contributed by atoms with Crippen molar-refractivity contribution in [2.45, 2.75) is 0 Å². The van der Waals surface area contributed by atoms with Crippen LogP contribution in [0.3, 0.4) is 0 Å². The molecule has 0 radical (unpaired) electrons. The van der Waals surface area contributed by atoms with E-state index in [0.29, 0.717) is 4.85 Å². The molecule has 0 amide bonds. The zero-order chi connectivity index (χ0) is 6.15. The molecule has 0 aromatic carbocycles. The number of nitrogens with zero attached hydrogens (tertiary/aromatic N) is 2. The van der Waals surface area contributed by atoms with Crippen molar-refractivity contribution < 1.29 is 9.95 Å². The second kappa shape index (κ2) is 1.40. The summed E-state index contributed by atoms with van der Waals surface area (Å²) in [5, 5.41) is 19.0. The molecule has 0 unspecified atom stereocenters. The molecule has 1 N–H and O–H groups in total. The van der Waals surface area contributed by atoms with Gasteiger partial charge >= 0.3 is 5.88 Å². The topological polar surface area (TPSA) is 52.1 Å². The van der Waals surface area contributed by atoms with Gasteiger partial charge < -0.3 is 10.3 Å². The van der Waals surface area contributed by atoms with Crippen molar-refractivity contribution >= 4 is 0 Å². The van der Waals surface area contributed by atoms with Crippen molar-refractivity contribution in [3.8, 4) is 5.88 Å². The van der Waals surface area contributed by atoms with Gasteiger partial charge in [0.2, 0.25) is 0 Å². The van der Waals surface area contributed by atoms with Gasteiger partial charge in [-0.15, -0.1) is 4.68 Å². The molecule has 0 aliphatic carbocycles. The van der Waals surface area contributed by atoms with E-state index in [9.17, 15) is 5.21 Å². The van der Waals surface area contributed by atoms with Crippen LogP contribution in [0.2, 0.25) is 0 Å². The molecule has 1 rings (SSSR count). The van der Waals surface area contributed by atoms with Crippen LogP contribution in [0.1, 0.15) is 0 Å². The first-order valence-corrected chi connectivity index (χ1v) is 2.16. The second-order valence-corrected chi connectivity index (χ2v) is 1.52. The van der Waals surface area contributed by atoms with Crippen LogP contribution in [0.25, 0.3) is 0 Å². The molecule has 4 heteroatoms. The highest BCUT2D eigenvalue weighted by Gasteiger charge is 2.02. The standard InChI is InChI=1S/C4H6N2O2/c1-5-3-2-4(7)6(5)8/h2-3,7H,1H3. The van der Waals surface area contributed by atoms with Crippen molar-refractivity contribution in [2.75, 3.05) is 0 Å². The van der Waals surface area contributed by atoms with Crippen LogP contribution < -0.4 is 4.85 Å². The molecule has 0 aliphatic rings. The molecule has 1 heterocycles. The summed E-state index contributed by atoms with van der Waals surface area (Å²) in [6.07, 6.45) is 1.47. The smallest absolute Gasteiger partial charge is 0.403 e. The fourth-order valence-electron chi connectivity index (χ4n) is 0.460. The minimum absolute atomic E-state index is 0.271. The van der Waals surface area contributed by atoms with E-state index < -0.39 is 0 Å². The zero-order valence-electron chi connectivity index (χ0n) is 4.40. The lowest BCUT2D eigenvalue weighted by Gasteiger charge is -1.92. The van der Waals surface area contributed by atoms with Gasteiger partial charge in [0.25, 0.3) is 0 Å². The van der Waals surface area contributed by atoms with Gasteiger partial charge in [-0.2, -0.15) is 0 Å². The lowest BCUT2D eigenvalue weighted by Crippen LogP contribution is -2.34. The third-order valence-electron chi connectivity index (χ3n) is 0.922. The first kappa shape index (κ1) is 4.96. The Labute approximate surface area is 46.2 Å². The molecule has 0 saturated heterocycles. The zero-order valence-corrected chi connectivity index (χ0v) is 4.40. The maximum absolute atomic E-state index is 10.4.